The summed E-state index contributed by atoms with van der Waals surface area (Å²) in [5.74, 6) is -0.569. The Morgan fingerprint density at radius 2 is 2.04 bits per heavy atom. The number of sulfonamides is 1. The molecule has 0 aliphatic rings. The van der Waals surface area contributed by atoms with Crippen LogP contribution in [0.15, 0.2) is 23.6 Å². The van der Waals surface area contributed by atoms with Crippen LogP contribution in [-0.4, -0.2) is 37.0 Å². The summed E-state index contributed by atoms with van der Waals surface area (Å²) in [5.41, 5.74) is -0.827. The van der Waals surface area contributed by atoms with Gasteiger partial charge in [0.1, 0.15) is 0 Å². The van der Waals surface area contributed by atoms with Gasteiger partial charge in [0.15, 0.2) is 10.7 Å². The second-order valence-corrected chi connectivity index (χ2v) is 7.06. The number of hydrogen-bond donors (Lipinski definition) is 0. The number of carbonyl (C=O) groups excluding carboxylic acids is 1. The first-order chi connectivity index (χ1) is 10.7. The Balaban J connectivity index is 3.73. The third-order valence-corrected chi connectivity index (χ3v) is 5.39. The summed E-state index contributed by atoms with van der Waals surface area (Å²) in [6.07, 6.45) is 2.64. The monoisotopic (exact) mass is 340 g/mol. The molecule has 1 aromatic carbocycles. The molecule has 1 aromatic rings. The van der Waals surface area contributed by atoms with Crippen molar-refractivity contribution in [3.05, 3.63) is 40.0 Å². The number of unbranched alkanes of at least 4 members (excludes halogenated alkanes) is 1. The van der Waals surface area contributed by atoms with E-state index in [1.807, 2.05) is 6.92 Å². The van der Waals surface area contributed by atoms with Crippen LogP contribution in [0.5, 0.6) is 0 Å². The molecule has 0 fully saturated rings. The first kappa shape index (κ1) is 19.0. The lowest BCUT2D eigenvalue weighted by molar-refractivity contribution is -0.388. The van der Waals surface area contributed by atoms with Gasteiger partial charge in [0, 0.05) is 19.2 Å². The van der Waals surface area contributed by atoms with E-state index in [0.717, 1.165) is 17.6 Å². The zero-order valence-corrected chi connectivity index (χ0v) is 14.2. The van der Waals surface area contributed by atoms with Crippen LogP contribution in [0, 0.1) is 10.1 Å². The first-order valence-corrected chi connectivity index (χ1v) is 8.53. The van der Waals surface area contributed by atoms with Crippen LogP contribution in [-0.2, 0) is 10.0 Å². The molecule has 8 heteroatoms. The summed E-state index contributed by atoms with van der Waals surface area (Å²) in [6, 6.07) is 2.61. The van der Waals surface area contributed by atoms with Crippen LogP contribution in [0.25, 0.3) is 6.08 Å². The number of benzene rings is 1. The molecule has 0 bridgehead atoms. The van der Waals surface area contributed by atoms with Gasteiger partial charge < -0.3 is 0 Å². The lowest BCUT2D eigenvalue weighted by Crippen LogP contribution is -2.29. The van der Waals surface area contributed by atoms with Gasteiger partial charge >= 0.3 is 5.69 Å². The van der Waals surface area contributed by atoms with E-state index in [2.05, 4.69) is 6.58 Å². The van der Waals surface area contributed by atoms with E-state index in [1.54, 1.807) is 0 Å². The Kier molecular flexibility index (Phi) is 6.17. The number of Topliss-reactive ketones (excluding diaryl/α,β-unsaturated/α-hetero) is 1. The van der Waals surface area contributed by atoms with Crippen LogP contribution in [0.4, 0.5) is 5.69 Å². The lowest BCUT2D eigenvalue weighted by atomic mass is 10.1. The lowest BCUT2D eigenvalue weighted by Gasteiger charge is -2.19. The first-order valence-electron chi connectivity index (χ1n) is 7.09. The Bertz CT molecular complexity index is 740. The van der Waals surface area contributed by atoms with E-state index >= 15 is 0 Å². The highest BCUT2D eigenvalue weighted by Gasteiger charge is 2.35. The van der Waals surface area contributed by atoms with Crippen molar-refractivity contribution in [2.24, 2.45) is 0 Å². The van der Waals surface area contributed by atoms with Gasteiger partial charge in [-0.25, -0.2) is 12.7 Å². The van der Waals surface area contributed by atoms with Crippen LogP contribution in [0.3, 0.4) is 0 Å². The van der Waals surface area contributed by atoms with Gasteiger partial charge in [-0.15, -0.1) is 0 Å². The molecule has 0 aliphatic carbocycles. The van der Waals surface area contributed by atoms with Crippen molar-refractivity contribution in [1.82, 2.24) is 4.31 Å². The highest BCUT2D eigenvalue weighted by molar-refractivity contribution is 7.89. The minimum Gasteiger partial charge on any atom is -0.294 e. The third kappa shape index (κ3) is 3.83. The number of ketones is 1. The Morgan fingerprint density at radius 1 is 1.43 bits per heavy atom. The van der Waals surface area contributed by atoms with E-state index in [-0.39, 0.29) is 17.7 Å². The molecule has 1 rings (SSSR count). The zero-order chi connectivity index (χ0) is 17.8. The average Bonchev–Trinajstić information content (AvgIpc) is 2.50. The van der Waals surface area contributed by atoms with E-state index < -0.39 is 31.3 Å². The highest BCUT2D eigenvalue weighted by atomic mass is 32.2. The molecule has 7 nitrogen and oxygen atoms in total. The number of nitro groups is 1. The van der Waals surface area contributed by atoms with Crippen LogP contribution >= 0.6 is 0 Å². The molecule has 0 heterocycles. The van der Waals surface area contributed by atoms with E-state index in [9.17, 15) is 23.3 Å². The molecular weight excluding hydrogens is 320 g/mol. The molecule has 0 unspecified atom stereocenters. The topological polar surface area (TPSA) is 97.6 Å². The summed E-state index contributed by atoms with van der Waals surface area (Å²) < 4.78 is 26.6. The van der Waals surface area contributed by atoms with Gasteiger partial charge in [-0.3, -0.25) is 14.9 Å². The number of nitrogens with zero attached hydrogens (tertiary/aromatic N) is 2. The minimum absolute atomic E-state index is 0.102. The molecule has 0 spiro atoms. The van der Waals surface area contributed by atoms with Crippen molar-refractivity contribution < 1.29 is 18.1 Å². The SMILES string of the molecule is C=Cc1ccc(C(C)=O)c([N+](=O)[O-])c1S(=O)(=O)N(C)CCCC. The maximum Gasteiger partial charge on any atom is 0.300 e. The molecule has 126 valence electrons. The van der Waals surface area contributed by atoms with E-state index in [1.165, 1.54) is 25.3 Å². The van der Waals surface area contributed by atoms with Crippen molar-refractivity contribution in [1.29, 1.82) is 0 Å². The summed E-state index contributed by atoms with van der Waals surface area (Å²) in [6.45, 7) is 6.82. The van der Waals surface area contributed by atoms with Gasteiger partial charge in [0.25, 0.3) is 0 Å². The van der Waals surface area contributed by atoms with Crippen LogP contribution < -0.4 is 0 Å². The molecule has 0 radical (unpaired) electrons. The average molecular weight is 340 g/mol. The molecule has 0 aromatic heterocycles. The number of rotatable bonds is 8. The molecule has 23 heavy (non-hydrogen) atoms. The molecule has 0 aliphatic heterocycles. The summed E-state index contributed by atoms with van der Waals surface area (Å²) in [4.78, 5) is 21.8. The number of hydrogen-bond acceptors (Lipinski definition) is 5. The summed E-state index contributed by atoms with van der Waals surface area (Å²) in [7, 11) is -2.75. The van der Waals surface area contributed by atoms with Gasteiger partial charge in [-0.05, 0) is 19.4 Å². The second kappa shape index (κ2) is 7.47. The van der Waals surface area contributed by atoms with Crippen molar-refractivity contribution in [2.45, 2.75) is 31.6 Å². The minimum atomic E-state index is -4.12. The smallest absolute Gasteiger partial charge is 0.294 e. The molecule has 0 amide bonds. The van der Waals surface area contributed by atoms with Crippen LogP contribution in [0.1, 0.15) is 42.6 Å². The van der Waals surface area contributed by atoms with Crippen molar-refractivity contribution in [3.63, 3.8) is 0 Å². The molecule has 0 atom stereocenters. The Labute approximate surface area is 135 Å². The van der Waals surface area contributed by atoms with Gasteiger partial charge in [-0.2, -0.15) is 0 Å². The fraction of sp³-hybridized carbons (Fsp3) is 0.400. The van der Waals surface area contributed by atoms with Gasteiger partial charge in [0.2, 0.25) is 10.0 Å². The van der Waals surface area contributed by atoms with Crippen molar-refractivity contribution in [3.8, 4) is 0 Å². The standard InChI is InChI=1S/C15H20N2O5S/c1-5-7-10-16(4)23(21,22)15-12(6-2)8-9-13(11(3)18)14(15)17(19)20/h6,8-9H,2,5,7,10H2,1,3-4H3. The fourth-order valence-corrected chi connectivity index (χ4v) is 3.70. The quantitative estimate of drug-likeness (QED) is 0.412. The normalized spacial score (nSPS) is 11.5. The Hall–Kier alpha value is -2.06. The van der Waals surface area contributed by atoms with Crippen molar-refractivity contribution >= 4 is 27.6 Å². The zero-order valence-electron chi connectivity index (χ0n) is 13.4. The van der Waals surface area contributed by atoms with E-state index in [4.69, 9.17) is 0 Å². The van der Waals surface area contributed by atoms with Gasteiger partial charge in [0.05, 0.1) is 10.5 Å². The van der Waals surface area contributed by atoms with Crippen molar-refractivity contribution in [2.75, 3.05) is 13.6 Å². The largest absolute Gasteiger partial charge is 0.300 e. The predicted molar refractivity (Wildman–Crippen MR) is 87.9 cm³/mol. The second-order valence-electron chi connectivity index (χ2n) is 5.08. The third-order valence-electron chi connectivity index (χ3n) is 3.44. The maximum atomic E-state index is 12.8. The molecular formula is C15H20N2O5S. The maximum absolute atomic E-state index is 12.8. The summed E-state index contributed by atoms with van der Waals surface area (Å²) >= 11 is 0. The number of nitro benzene ring substituents is 1. The fourth-order valence-electron chi connectivity index (χ4n) is 2.14. The van der Waals surface area contributed by atoms with E-state index in [0.29, 0.717) is 6.42 Å². The van der Waals surface area contributed by atoms with Crippen LogP contribution in [0.2, 0.25) is 0 Å². The van der Waals surface area contributed by atoms with Gasteiger partial charge in [-0.1, -0.05) is 32.1 Å². The molecule has 0 N–H and O–H groups in total. The Morgan fingerprint density at radius 3 is 2.48 bits per heavy atom. The molecule has 0 saturated carbocycles. The summed E-state index contributed by atoms with van der Waals surface area (Å²) in [5, 5.41) is 11.4. The highest BCUT2D eigenvalue weighted by Crippen LogP contribution is 2.34. The number of carbonyl (C=O) groups is 1. The molecule has 0 saturated heterocycles. The predicted octanol–water partition coefficient (Wildman–Crippen LogP) is 2.86.